The van der Waals surface area contributed by atoms with Crippen molar-refractivity contribution in [3.8, 4) is 67.4 Å². The largest absolute Gasteiger partial charge is 0.436 e. The topological polar surface area (TPSA) is 67.3 Å². The molecule has 7 heteroatoms. The second-order valence-electron chi connectivity index (χ2n) is 21.6. The maximum atomic E-state index is 6.04. The van der Waals surface area contributed by atoms with Crippen LogP contribution in [0, 0.1) is 0 Å². The highest BCUT2D eigenvalue weighted by Gasteiger charge is 2.16. The van der Waals surface area contributed by atoms with Gasteiger partial charge >= 0.3 is 0 Å². The molecule has 0 amide bonds. The van der Waals surface area contributed by atoms with E-state index in [1.54, 1.807) is 0 Å². The minimum atomic E-state index is 0.635. The van der Waals surface area contributed by atoms with Crippen LogP contribution in [0.25, 0.3) is 111 Å². The molecule has 0 saturated heterocycles. The Labute approximate surface area is 525 Å². The number of anilines is 5. The molecule has 0 bridgehead atoms. The van der Waals surface area contributed by atoms with Crippen LogP contribution in [0.3, 0.4) is 0 Å². The molecule has 0 atom stereocenters. The Balaban J connectivity index is 0.000000129. The number of hydrogen-bond donors (Lipinski definition) is 1. The van der Waals surface area contributed by atoms with Gasteiger partial charge in [-0.05, 0) is 187 Å². The van der Waals surface area contributed by atoms with Crippen molar-refractivity contribution in [3.05, 3.63) is 344 Å². The van der Waals surface area contributed by atoms with Crippen molar-refractivity contribution in [1.29, 1.82) is 0 Å². The summed E-state index contributed by atoms with van der Waals surface area (Å²) < 4.78 is 12.9. The van der Waals surface area contributed by atoms with Gasteiger partial charge in [0.15, 0.2) is 11.2 Å². The number of nitrogens with zero attached hydrogens (tertiary/aromatic N) is 3. The van der Waals surface area contributed by atoms with E-state index in [9.17, 15) is 0 Å². The van der Waals surface area contributed by atoms with Gasteiger partial charge in [0.05, 0.1) is 0 Å². The first-order valence-electron chi connectivity index (χ1n) is 29.6. The third kappa shape index (κ3) is 12.8. The maximum absolute atomic E-state index is 6.04. The normalized spacial score (nSPS) is 11.0. The number of hydrogen-bond acceptors (Lipinski definition) is 6. The average Bonchev–Trinajstić information content (AvgIpc) is 2.76. The number of halogens is 1. The molecule has 0 aliphatic rings. The first kappa shape index (κ1) is 55.5. The molecule has 89 heavy (non-hydrogen) atoms. The van der Waals surface area contributed by atoms with Crippen LogP contribution in [0.2, 0.25) is 0 Å². The molecule has 0 spiro atoms. The lowest BCUT2D eigenvalue weighted by atomic mass is 10.0. The van der Waals surface area contributed by atoms with Gasteiger partial charge in [0.25, 0.3) is 0 Å². The maximum Gasteiger partial charge on any atom is 0.227 e. The fourth-order valence-electron chi connectivity index (χ4n) is 11.1. The van der Waals surface area contributed by atoms with Gasteiger partial charge in [0.2, 0.25) is 11.8 Å². The van der Waals surface area contributed by atoms with E-state index in [0.29, 0.717) is 11.8 Å². The monoisotopic (exact) mass is 1210 g/mol. The molecule has 1 N–H and O–H groups in total. The summed E-state index contributed by atoms with van der Waals surface area (Å²) in [6, 6.07) is 118. The molecule has 2 aromatic heterocycles. The van der Waals surface area contributed by atoms with Crippen molar-refractivity contribution in [2.45, 2.75) is 0 Å². The van der Waals surface area contributed by atoms with Crippen LogP contribution < -0.4 is 10.2 Å². The van der Waals surface area contributed by atoms with Crippen LogP contribution in [0.4, 0.5) is 28.4 Å². The van der Waals surface area contributed by atoms with Gasteiger partial charge in [-0.1, -0.05) is 234 Å². The SMILES string of the molecule is Brc1ccc2cc(-c3nc4ccccc4o3)ccc2c1.c1ccc(-c2ccc(N(c3ccc(-c4ccccc4)cc3)c3ccc4cc(-c5nc6ccccc6o5)ccc4c3)cc2)cc1.c1ccc(-c2ccc(Nc3ccc(-c4ccccc4)cc3)cc2)cc1. The molecule has 2 heterocycles. The zero-order valence-electron chi connectivity index (χ0n) is 48.4. The Kier molecular flexibility index (Phi) is 16.0. The number of para-hydroxylation sites is 4. The van der Waals surface area contributed by atoms with Gasteiger partial charge < -0.3 is 19.1 Å². The van der Waals surface area contributed by atoms with E-state index in [1.807, 2.05) is 72.8 Å². The van der Waals surface area contributed by atoms with E-state index in [4.69, 9.17) is 13.8 Å². The molecule has 0 aliphatic carbocycles. The van der Waals surface area contributed by atoms with Crippen LogP contribution in [0.5, 0.6) is 0 Å². The van der Waals surface area contributed by atoms with Crippen LogP contribution in [0.15, 0.2) is 353 Å². The molecular formula is C82H57BrN4O2. The number of fused-ring (bicyclic) bond motifs is 4. The van der Waals surface area contributed by atoms with E-state index in [0.717, 1.165) is 77.0 Å². The fourth-order valence-corrected chi connectivity index (χ4v) is 11.5. The zero-order valence-corrected chi connectivity index (χ0v) is 50.0. The summed E-state index contributed by atoms with van der Waals surface area (Å²) in [6.45, 7) is 0. The molecule has 16 rings (SSSR count). The molecular weight excluding hydrogens is 1150 g/mol. The number of aromatic nitrogens is 2. The molecule has 0 radical (unpaired) electrons. The van der Waals surface area contributed by atoms with Crippen LogP contribution >= 0.6 is 15.9 Å². The second-order valence-corrected chi connectivity index (χ2v) is 22.5. The zero-order chi connectivity index (χ0) is 59.7. The number of nitrogens with one attached hydrogen (secondary N) is 1. The van der Waals surface area contributed by atoms with Crippen LogP contribution in [-0.4, -0.2) is 9.97 Å². The van der Waals surface area contributed by atoms with E-state index in [1.165, 1.54) is 55.3 Å². The summed E-state index contributed by atoms with van der Waals surface area (Å²) in [7, 11) is 0. The summed E-state index contributed by atoms with van der Waals surface area (Å²) in [5.74, 6) is 1.30. The number of oxazole rings is 2. The summed E-state index contributed by atoms with van der Waals surface area (Å²) in [4.78, 5) is 11.5. The van der Waals surface area contributed by atoms with Gasteiger partial charge in [-0.2, -0.15) is 0 Å². The molecule has 14 aromatic carbocycles. The lowest BCUT2D eigenvalue weighted by Gasteiger charge is -2.26. The lowest BCUT2D eigenvalue weighted by Crippen LogP contribution is -2.09. The van der Waals surface area contributed by atoms with Crippen molar-refractivity contribution in [2.75, 3.05) is 10.2 Å². The highest BCUT2D eigenvalue weighted by molar-refractivity contribution is 9.10. The third-order valence-electron chi connectivity index (χ3n) is 15.7. The molecule has 0 fully saturated rings. The van der Waals surface area contributed by atoms with Crippen molar-refractivity contribution >= 4 is 88.1 Å². The molecule has 0 aliphatic heterocycles. The Morgan fingerprint density at radius 1 is 0.258 bits per heavy atom. The van der Waals surface area contributed by atoms with E-state index in [-0.39, 0.29) is 0 Å². The predicted octanol–water partition coefficient (Wildman–Crippen LogP) is 23.6. The Morgan fingerprint density at radius 2 is 0.562 bits per heavy atom. The predicted molar refractivity (Wildman–Crippen MR) is 374 cm³/mol. The molecule has 16 aromatic rings. The van der Waals surface area contributed by atoms with Crippen molar-refractivity contribution in [3.63, 3.8) is 0 Å². The highest BCUT2D eigenvalue weighted by Crippen LogP contribution is 2.39. The molecule has 6 nitrogen and oxygen atoms in total. The van der Waals surface area contributed by atoms with E-state index >= 15 is 0 Å². The third-order valence-corrected chi connectivity index (χ3v) is 16.2. The van der Waals surface area contributed by atoms with Crippen LogP contribution in [0.1, 0.15) is 0 Å². The first-order valence-corrected chi connectivity index (χ1v) is 30.4. The minimum Gasteiger partial charge on any atom is -0.436 e. The van der Waals surface area contributed by atoms with Gasteiger partial charge in [0, 0.05) is 44.0 Å². The van der Waals surface area contributed by atoms with Crippen molar-refractivity contribution < 1.29 is 8.83 Å². The van der Waals surface area contributed by atoms with Gasteiger partial charge in [-0.25, -0.2) is 9.97 Å². The summed E-state index contributed by atoms with van der Waals surface area (Å²) in [5, 5.41) is 8.11. The van der Waals surface area contributed by atoms with Gasteiger partial charge in [-0.3, -0.25) is 0 Å². The Bertz CT molecular complexity index is 4790. The molecule has 0 unspecified atom stereocenters. The van der Waals surface area contributed by atoms with E-state index in [2.05, 4.69) is 298 Å². The van der Waals surface area contributed by atoms with Gasteiger partial charge in [-0.15, -0.1) is 0 Å². The highest BCUT2D eigenvalue weighted by atomic mass is 79.9. The minimum absolute atomic E-state index is 0.635. The van der Waals surface area contributed by atoms with Crippen molar-refractivity contribution in [2.24, 2.45) is 0 Å². The molecule has 424 valence electrons. The number of rotatable bonds is 11. The summed E-state index contributed by atoms with van der Waals surface area (Å²) >= 11 is 3.49. The smallest absolute Gasteiger partial charge is 0.227 e. The average molecular weight is 1210 g/mol. The number of benzene rings is 14. The summed E-state index contributed by atoms with van der Waals surface area (Å²) in [5.41, 5.74) is 20.5. The Morgan fingerprint density at radius 3 is 0.966 bits per heavy atom. The van der Waals surface area contributed by atoms with Gasteiger partial charge in [0.1, 0.15) is 11.0 Å². The standard InChI is InChI=1S/C41H28N2O.C24H19N.C17H10BrNO/c1-3-9-29(10-4-1)31-17-22-36(23-18-31)43(37-24-19-32(20-25-37)30-11-5-2-6-12-30)38-26-21-33-27-35(16-15-34(33)28-38)41-42-39-13-7-8-14-40(39)44-41;1-3-7-19(8-4-1)21-11-15-23(16-12-21)25-24-17-13-22(14-18-24)20-9-5-2-6-10-20;18-14-8-7-11-9-13(6-5-12(11)10-14)17-19-15-3-1-2-4-16(15)20-17/h1-28H;1-18,25H;1-10H. The van der Waals surface area contributed by atoms with E-state index < -0.39 is 0 Å². The quantitative estimate of drug-likeness (QED) is 0.139. The fraction of sp³-hybridized carbons (Fsp3) is 0. The molecule has 0 saturated carbocycles. The van der Waals surface area contributed by atoms with Crippen molar-refractivity contribution in [1.82, 2.24) is 9.97 Å². The lowest BCUT2D eigenvalue weighted by molar-refractivity contribution is 0.619. The first-order chi connectivity index (χ1) is 44.0. The summed E-state index contributed by atoms with van der Waals surface area (Å²) in [6.07, 6.45) is 0. The van der Waals surface area contributed by atoms with Crippen LogP contribution in [-0.2, 0) is 0 Å². The Hall–Kier alpha value is -11.4. The second kappa shape index (κ2) is 25.7.